The van der Waals surface area contributed by atoms with Gasteiger partial charge in [0.2, 0.25) is 0 Å². The summed E-state index contributed by atoms with van der Waals surface area (Å²) >= 11 is 0. The number of nitrogens with zero attached hydrogens (tertiary/aromatic N) is 2. The number of likely N-dealkylation sites (N-methyl/N-ethyl adjacent to an activating group) is 1. The zero-order chi connectivity index (χ0) is 14.5. The SMILES string of the molecule is CCN(CC)C1CCN(C(=O)c2ccc(NN)cc2)C1. The van der Waals surface area contributed by atoms with Crippen molar-refractivity contribution in [3.8, 4) is 0 Å². The molecule has 1 saturated heterocycles. The molecule has 1 amide bonds. The van der Waals surface area contributed by atoms with Crippen molar-refractivity contribution in [2.45, 2.75) is 26.3 Å². The van der Waals surface area contributed by atoms with E-state index in [0.29, 0.717) is 6.04 Å². The van der Waals surface area contributed by atoms with E-state index in [2.05, 4.69) is 24.2 Å². The molecular weight excluding hydrogens is 252 g/mol. The minimum Gasteiger partial charge on any atom is -0.337 e. The quantitative estimate of drug-likeness (QED) is 0.632. The van der Waals surface area contributed by atoms with Gasteiger partial charge in [0.25, 0.3) is 5.91 Å². The summed E-state index contributed by atoms with van der Waals surface area (Å²) in [4.78, 5) is 16.8. The highest BCUT2D eigenvalue weighted by atomic mass is 16.2. The van der Waals surface area contributed by atoms with Gasteiger partial charge in [-0.25, -0.2) is 0 Å². The van der Waals surface area contributed by atoms with E-state index >= 15 is 0 Å². The minimum absolute atomic E-state index is 0.114. The molecule has 110 valence electrons. The Kier molecular flexibility index (Phi) is 4.98. The van der Waals surface area contributed by atoms with Crippen molar-refractivity contribution in [1.82, 2.24) is 9.80 Å². The fraction of sp³-hybridized carbons (Fsp3) is 0.533. The smallest absolute Gasteiger partial charge is 0.253 e. The fourth-order valence-electron chi connectivity index (χ4n) is 2.86. The molecule has 1 aliphatic rings. The summed E-state index contributed by atoms with van der Waals surface area (Å²) in [5, 5.41) is 0. The molecule has 2 rings (SSSR count). The molecule has 1 aromatic rings. The van der Waals surface area contributed by atoms with E-state index in [1.807, 2.05) is 29.2 Å². The molecular formula is C15H24N4O. The highest BCUT2D eigenvalue weighted by Crippen LogP contribution is 2.18. The zero-order valence-corrected chi connectivity index (χ0v) is 12.3. The Morgan fingerprint density at radius 2 is 2.00 bits per heavy atom. The second-order valence-corrected chi connectivity index (χ2v) is 5.14. The Bertz CT molecular complexity index is 442. The molecule has 1 aromatic carbocycles. The second-order valence-electron chi connectivity index (χ2n) is 5.14. The average Bonchev–Trinajstić information content (AvgIpc) is 2.97. The lowest BCUT2D eigenvalue weighted by Gasteiger charge is -2.26. The summed E-state index contributed by atoms with van der Waals surface area (Å²) < 4.78 is 0. The molecule has 1 heterocycles. The number of anilines is 1. The number of carbonyl (C=O) groups is 1. The van der Waals surface area contributed by atoms with Crippen molar-refractivity contribution in [1.29, 1.82) is 0 Å². The lowest BCUT2D eigenvalue weighted by Crippen LogP contribution is -2.38. The molecule has 0 aromatic heterocycles. The van der Waals surface area contributed by atoms with Crippen molar-refractivity contribution < 1.29 is 4.79 Å². The van der Waals surface area contributed by atoms with Gasteiger partial charge < -0.3 is 10.3 Å². The van der Waals surface area contributed by atoms with Crippen LogP contribution in [0.25, 0.3) is 0 Å². The number of carbonyl (C=O) groups excluding carboxylic acids is 1. The van der Waals surface area contributed by atoms with Crippen LogP contribution in [0.3, 0.4) is 0 Å². The lowest BCUT2D eigenvalue weighted by molar-refractivity contribution is 0.0778. The first-order chi connectivity index (χ1) is 9.69. The van der Waals surface area contributed by atoms with Crippen molar-refractivity contribution in [3.05, 3.63) is 29.8 Å². The van der Waals surface area contributed by atoms with Crippen LogP contribution in [0.5, 0.6) is 0 Å². The molecule has 0 bridgehead atoms. The van der Waals surface area contributed by atoms with Gasteiger partial charge >= 0.3 is 0 Å². The number of nitrogens with two attached hydrogens (primary N) is 1. The van der Waals surface area contributed by atoms with Gasteiger partial charge in [0.05, 0.1) is 0 Å². The van der Waals surface area contributed by atoms with Crippen LogP contribution in [0.15, 0.2) is 24.3 Å². The summed E-state index contributed by atoms with van der Waals surface area (Å²) in [5.74, 6) is 5.44. The third-order valence-corrected chi connectivity index (χ3v) is 4.08. The van der Waals surface area contributed by atoms with Crippen molar-refractivity contribution in [3.63, 3.8) is 0 Å². The van der Waals surface area contributed by atoms with Crippen LogP contribution in [0.1, 0.15) is 30.6 Å². The van der Waals surface area contributed by atoms with Crippen molar-refractivity contribution in [2.75, 3.05) is 31.6 Å². The Labute approximate surface area is 120 Å². The normalized spacial score (nSPS) is 18.6. The third kappa shape index (κ3) is 3.11. The molecule has 0 saturated carbocycles. The molecule has 3 N–H and O–H groups in total. The maximum Gasteiger partial charge on any atom is 0.253 e. The van der Waals surface area contributed by atoms with Gasteiger partial charge in [0.1, 0.15) is 0 Å². The van der Waals surface area contributed by atoms with Crippen LogP contribution in [0.4, 0.5) is 5.69 Å². The van der Waals surface area contributed by atoms with E-state index in [1.54, 1.807) is 0 Å². The number of nitrogen functional groups attached to an aromatic ring is 1. The predicted octanol–water partition coefficient (Wildman–Crippen LogP) is 1.53. The number of likely N-dealkylation sites (tertiary alicyclic amines) is 1. The summed E-state index contributed by atoms with van der Waals surface area (Å²) in [6, 6.07) is 7.79. The van der Waals surface area contributed by atoms with Crippen molar-refractivity contribution in [2.24, 2.45) is 5.84 Å². The van der Waals surface area contributed by atoms with Crippen molar-refractivity contribution >= 4 is 11.6 Å². The average molecular weight is 276 g/mol. The number of benzene rings is 1. The van der Waals surface area contributed by atoms with Crippen LogP contribution in [-0.2, 0) is 0 Å². The highest BCUT2D eigenvalue weighted by Gasteiger charge is 2.29. The minimum atomic E-state index is 0.114. The van der Waals surface area contributed by atoms with Crippen LogP contribution in [0.2, 0.25) is 0 Å². The van der Waals surface area contributed by atoms with Crippen LogP contribution in [-0.4, -0.2) is 47.9 Å². The largest absolute Gasteiger partial charge is 0.337 e. The van der Waals surface area contributed by atoms with Gasteiger partial charge in [-0.3, -0.25) is 15.5 Å². The zero-order valence-electron chi connectivity index (χ0n) is 12.3. The highest BCUT2D eigenvalue weighted by molar-refractivity contribution is 5.94. The van der Waals surface area contributed by atoms with Gasteiger partial charge in [0.15, 0.2) is 0 Å². The van der Waals surface area contributed by atoms with Crippen LogP contribution < -0.4 is 11.3 Å². The van der Waals surface area contributed by atoms with Gasteiger partial charge in [-0.05, 0) is 43.8 Å². The molecule has 0 aliphatic carbocycles. The van der Waals surface area contributed by atoms with E-state index in [4.69, 9.17) is 5.84 Å². The van der Waals surface area contributed by atoms with E-state index in [9.17, 15) is 4.79 Å². The number of hydrogen-bond acceptors (Lipinski definition) is 4. The lowest BCUT2D eigenvalue weighted by atomic mass is 10.2. The maximum atomic E-state index is 12.4. The molecule has 20 heavy (non-hydrogen) atoms. The molecule has 0 spiro atoms. The Morgan fingerprint density at radius 1 is 1.35 bits per heavy atom. The Balaban J connectivity index is 2.00. The van der Waals surface area contributed by atoms with Gasteiger partial charge in [-0.15, -0.1) is 0 Å². The van der Waals surface area contributed by atoms with E-state index in [1.165, 1.54) is 0 Å². The Hall–Kier alpha value is -1.59. The van der Waals surface area contributed by atoms with E-state index < -0.39 is 0 Å². The molecule has 1 unspecified atom stereocenters. The number of amides is 1. The molecule has 0 radical (unpaired) electrons. The molecule has 5 heteroatoms. The van der Waals surface area contributed by atoms with Gasteiger partial charge in [-0.2, -0.15) is 0 Å². The van der Waals surface area contributed by atoms with E-state index in [0.717, 1.165) is 43.9 Å². The fourth-order valence-corrected chi connectivity index (χ4v) is 2.86. The summed E-state index contributed by atoms with van der Waals surface area (Å²) in [5.41, 5.74) is 4.10. The molecule has 1 atom stereocenters. The standard InChI is InChI=1S/C15H24N4O/c1-3-18(4-2)14-9-10-19(11-14)15(20)12-5-7-13(17-16)8-6-12/h5-8,14,17H,3-4,9-11,16H2,1-2H3. The summed E-state index contributed by atoms with van der Waals surface area (Å²) in [6.07, 6.45) is 1.07. The maximum absolute atomic E-state index is 12.4. The predicted molar refractivity (Wildman–Crippen MR) is 81.5 cm³/mol. The molecule has 1 aliphatic heterocycles. The topological polar surface area (TPSA) is 61.6 Å². The molecule has 1 fully saturated rings. The molecule has 5 nitrogen and oxygen atoms in total. The van der Waals surface area contributed by atoms with Crippen LogP contribution in [0, 0.1) is 0 Å². The summed E-state index contributed by atoms with van der Waals surface area (Å²) in [7, 11) is 0. The summed E-state index contributed by atoms with van der Waals surface area (Å²) in [6.45, 7) is 8.10. The Morgan fingerprint density at radius 3 is 2.55 bits per heavy atom. The number of rotatable bonds is 5. The second kappa shape index (κ2) is 6.72. The van der Waals surface area contributed by atoms with Gasteiger partial charge in [0, 0.05) is 30.4 Å². The number of hydrazine groups is 1. The first-order valence-corrected chi connectivity index (χ1v) is 7.29. The monoisotopic (exact) mass is 276 g/mol. The van der Waals surface area contributed by atoms with E-state index in [-0.39, 0.29) is 5.91 Å². The number of nitrogens with one attached hydrogen (secondary N) is 1. The third-order valence-electron chi connectivity index (χ3n) is 4.08. The van der Waals surface area contributed by atoms with Gasteiger partial charge in [-0.1, -0.05) is 13.8 Å². The first kappa shape index (κ1) is 14.8. The first-order valence-electron chi connectivity index (χ1n) is 7.29. The van der Waals surface area contributed by atoms with Crippen LogP contribution >= 0.6 is 0 Å². The number of hydrogen-bond donors (Lipinski definition) is 2.